The molecule has 296 valence electrons. The van der Waals surface area contributed by atoms with Crippen LogP contribution in [0.25, 0.3) is 0 Å². The average Bonchev–Trinajstić information content (AvgIpc) is 3.64. The van der Waals surface area contributed by atoms with Crippen molar-refractivity contribution in [2.24, 2.45) is 56.6 Å². The molecule has 0 amide bonds. The Hall–Kier alpha value is -1.89. The Balaban J connectivity index is 1.32. The molecule has 6 rings (SSSR count). The predicted molar refractivity (Wildman–Crippen MR) is 213 cm³/mol. The number of azo groups is 1. The number of hydrogen-bond donors (Lipinski definition) is 4. The van der Waals surface area contributed by atoms with Crippen LogP contribution in [0.15, 0.2) is 15.2 Å². The van der Waals surface area contributed by atoms with Crippen LogP contribution in [0.1, 0.15) is 132 Å². The molecule has 53 heavy (non-hydrogen) atoms. The molecule has 0 bridgehead atoms. The molecule has 1 saturated heterocycles. The molecule has 1 aromatic heterocycles. The van der Waals surface area contributed by atoms with Gasteiger partial charge in [0.2, 0.25) is 0 Å². The zero-order valence-electron chi connectivity index (χ0n) is 33.6. The van der Waals surface area contributed by atoms with Gasteiger partial charge in [0.25, 0.3) is 10.1 Å². The highest BCUT2D eigenvalue weighted by Gasteiger charge is 2.44. The Morgan fingerprint density at radius 2 is 1.47 bits per heavy atom. The smallest absolute Gasteiger partial charge is 0.267 e. The third-order valence-electron chi connectivity index (χ3n) is 13.0. The first-order valence-electron chi connectivity index (χ1n) is 20.3. The predicted octanol–water partition coefficient (Wildman–Crippen LogP) is 7.24. The first-order chi connectivity index (χ1) is 24.8. The molecule has 2 aliphatic heterocycles. The number of nitrogens with one attached hydrogen (secondary N) is 3. The fourth-order valence-corrected chi connectivity index (χ4v) is 13.0. The van der Waals surface area contributed by atoms with Crippen molar-refractivity contribution in [3.8, 4) is 6.07 Å². The first kappa shape index (κ1) is 40.8. The van der Waals surface area contributed by atoms with Gasteiger partial charge in [-0.1, -0.05) is 81.0 Å². The average molecular weight is 772 g/mol. The van der Waals surface area contributed by atoms with Crippen LogP contribution >= 0.6 is 11.8 Å². The van der Waals surface area contributed by atoms with Gasteiger partial charge in [0.1, 0.15) is 17.7 Å². The number of aromatic nitrogens is 2. The summed E-state index contributed by atoms with van der Waals surface area (Å²) >= 11 is 1.46. The van der Waals surface area contributed by atoms with Gasteiger partial charge in [-0.25, -0.2) is 0 Å². The quantitative estimate of drug-likeness (QED) is 0.165. The lowest BCUT2D eigenvalue weighted by atomic mass is 9.73. The molecular weight excluding hydrogens is 707 g/mol. The van der Waals surface area contributed by atoms with E-state index >= 15 is 0 Å². The standard InChI is InChI=1S/C39H65N9O3S2/c1-20-13-22(3)32(23(4)14-20)42-31-17-26(7)34(36(43-31)44-33-24(5)15-21(2)16-25(33)6)45-46-37-28(19-40)35(39(8,9)10)47-48(37)38-41-29-12-11-27(53(49,50)51)18-30(29)52-38/h20-27,29-34,36,42-44H,11-18H2,1-10H3,(H,49,50,51). The van der Waals surface area contributed by atoms with E-state index in [0.717, 1.165) is 12.3 Å². The van der Waals surface area contributed by atoms with Gasteiger partial charge in [-0.2, -0.15) is 28.6 Å². The Morgan fingerprint density at radius 3 is 2.02 bits per heavy atom. The minimum atomic E-state index is -4.13. The van der Waals surface area contributed by atoms with Crippen LogP contribution in [0.4, 0.5) is 5.82 Å². The van der Waals surface area contributed by atoms with Gasteiger partial charge < -0.3 is 0 Å². The lowest BCUT2D eigenvalue weighted by Crippen LogP contribution is -2.68. The molecular formula is C39H65N9O3S2. The number of hydrogen-bond acceptors (Lipinski definition) is 11. The SMILES string of the molecule is CC1CC(C)C(NC2CC(C)C(N=Nc3c(C#N)c(C(C)(C)C)nn3C3=NC4CCC(S(=O)(=O)O)CC4S3)C(NC3C(C)CC(C)CC3C)N2)C(C)C1. The summed E-state index contributed by atoms with van der Waals surface area (Å²) in [5.41, 5.74) is 0.570. The van der Waals surface area contributed by atoms with Crippen molar-refractivity contribution >= 4 is 32.9 Å². The summed E-state index contributed by atoms with van der Waals surface area (Å²) in [5, 5.41) is 37.4. The highest BCUT2D eigenvalue weighted by atomic mass is 32.2. The van der Waals surface area contributed by atoms with E-state index in [1.807, 2.05) is 20.8 Å². The Kier molecular flexibility index (Phi) is 12.2. The van der Waals surface area contributed by atoms with Crippen molar-refractivity contribution in [1.29, 1.82) is 5.26 Å². The molecule has 1 aromatic rings. The topological polar surface area (TPSA) is 169 Å². The molecule has 14 heteroatoms. The number of aliphatic imine (C=N–C) groups is 1. The van der Waals surface area contributed by atoms with Crippen LogP contribution in [-0.4, -0.2) is 74.9 Å². The molecule has 0 radical (unpaired) electrons. The van der Waals surface area contributed by atoms with Crippen LogP contribution in [-0.2, 0) is 15.5 Å². The highest BCUT2D eigenvalue weighted by molar-refractivity contribution is 8.14. The Bertz CT molecular complexity index is 1660. The maximum absolute atomic E-state index is 12.0. The van der Waals surface area contributed by atoms with Gasteiger partial charge in [0.05, 0.1) is 29.3 Å². The van der Waals surface area contributed by atoms with Crippen LogP contribution in [0, 0.1) is 52.8 Å². The van der Waals surface area contributed by atoms with E-state index in [1.54, 1.807) is 4.68 Å². The van der Waals surface area contributed by atoms with E-state index in [2.05, 4.69) is 70.5 Å². The second kappa shape index (κ2) is 15.9. The lowest BCUT2D eigenvalue weighted by molar-refractivity contribution is 0.0812. The van der Waals surface area contributed by atoms with Crippen LogP contribution in [0.2, 0.25) is 0 Å². The zero-order chi connectivity index (χ0) is 38.6. The fraction of sp³-hybridized carbons (Fsp3) is 0.872. The van der Waals surface area contributed by atoms with Gasteiger partial charge in [-0.05, 0) is 92.8 Å². The van der Waals surface area contributed by atoms with Crippen molar-refractivity contribution in [2.75, 3.05) is 0 Å². The second-order valence-corrected chi connectivity index (χ2v) is 21.9. The molecule has 5 aliphatic rings. The van der Waals surface area contributed by atoms with Crippen molar-refractivity contribution < 1.29 is 13.0 Å². The first-order valence-corrected chi connectivity index (χ1v) is 22.7. The van der Waals surface area contributed by atoms with E-state index < -0.39 is 20.8 Å². The van der Waals surface area contributed by atoms with Gasteiger partial charge in [0.15, 0.2) is 11.0 Å². The van der Waals surface area contributed by atoms with Crippen molar-refractivity contribution in [3.63, 3.8) is 0 Å². The van der Waals surface area contributed by atoms with Gasteiger partial charge >= 0.3 is 0 Å². The molecule has 12 nitrogen and oxygen atoms in total. The molecule has 4 N–H and O–H groups in total. The number of nitriles is 1. The van der Waals surface area contributed by atoms with Gasteiger partial charge in [-0.3, -0.25) is 25.5 Å². The van der Waals surface area contributed by atoms with E-state index in [-0.39, 0.29) is 35.6 Å². The summed E-state index contributed by atoms with van der Waals surface area (Å²) in [6.07, 6.45) is 7.04. The molecule has 11 unspecified atom stereocenters. The molecule has 0 spiro atoms. The van der Waals surface area contributed by atoms with Crippen LogP contribution in [0.5, 0.6) is 0 Å². The zero-order valence-corrected chi connectivity index (χ0v) is 35.2. The minimum Gasteiger partial charge on any atom is -0.299 e. The summed E-state index contributed by atoms with van der Waals surface area (Å²) in [6, 6.07) is 2.91. The number of nitrogens with zero attached hydrogens (tertiary/aromatic N) is 6. The van der Waals surface area contributed by atoms with E-state index in [0.29, 0.717) is 83.2 Å². The minimum absolute atomic E-state index is 0.0915. The number of rotatable bonds is 7. The van der Waals surface area contributed by atoms with Gasteiger partial charge in [-0.15, -0.1) is 5.11 Å². The van der Waals surface area contributed by atoms with Crippen molar-refractivity contribution in [1.82, 2.24) is 25.7 Å². The van der Waals surface area contributed by atoms with Gasteiger partial charge in [0, 0.05) is 22.7 Å². The highest BCUT2D eigenvalue weighted by Crippen LogP contribution is 2.42. The second-order valence-electron chi connectivity index (χ2n) is 19.0. The summed E-state index contributed by atoms with van der Waals surface area (Å²) in [5.74, 6) is 4.29. The molecule has 0 aromatic carbocycles. The summed E-state index contributed by atoms with van der Waals surface area (Å²) in [4.78, 5) is 4.99. The molecule has 3 saturated carbocycles. The summed E-state index contributed by atoms with van der Waals surface area (Å²) in [7, 11) is -4.13. The summed E-state index contributed by atoms with van der Waals surface area (Å²) in [6.45, 7) is 22.6. The monoisotopic (exact) mass is 771 g/mol. The van der Waals surface area contributed by atoms with Crippen LogP contribution < -0.4 is 16.0 Å². The van der Waals surface area contributed by atoms with E-state index in [1.165, 1.54) is 37.4 Å². The Labute approximate surface area is 322 Å². The molecule has 3 aliphatic carbocycles. The van der Waals surface area contributed by atoms with Crippen LogP contribution in [0.3, 0.4) is 0 Å². The molecule has 3 heterocycles. The summed E-state index contributed by atoms with van der Waals surface area (Å²) < 4.78 is 35.5. The number of piperidine rings is 1. The lowest BCUT2D eigenvalue weighted by Gasteiger charge is -2.47. The number of fused-ring (bicyclic) bond motifs is 1. The van der Waals surface area contributed by atoms with E-state index in [9.17, 15) is 18.2 Å². The molecule has 11 atom stereocenters. The van der Waals surface area contributed by atoms with Crippen molar-refractivity contribution in [3.05, 3.63) is 11.3 Å². The van der Waals surface area contributed by atoms with Crippen molar-refractivity contribution in [2.45, 2.75) is 173 Å². The number of thioether (sulfide) groups is 1. The fourth-order valence-electron chi connectivity index (χ4n) is 10.6. The van der Waals surface area contributed by atoms with E-state index in [4.69, 9.17) is 20.3 Å². The maximum atomic E-state index is 12.0. The third-order valence-corrected chi connectivity index (χ3v) is 15.6. The molecule has 4 fully saturated rings. The third kappa shape index (κ3) is 8.91. The normalized spacial score (nSPS) is 41.2. The maximum Gasteiger partial charge on any atom is 0.267 e. The largest absolute Gasteiger partial charge is 0.299 e. The Morgan fingerprint density at radius 1 is 0.887 bits per heavy atom.